The van der Waals surface area contributed by atoms with Crippen LogP contribution in [0.25, 0.3) is 0 Å². The van der Waals surface area contributed by atoms with Crippen LogP contribution in [0.1, 0.15) is 12.5 Å². The Balaban J connectivity index is 0.000000921. The molecule has 1 rings (SSSR count). The first kappa shape index (κ1) is 13.9. The second-order valence-corrected chi connectivity index (χ2v) is 2.69. The maximum Gasteiger partial charge on any atom is 0.332 e. The van der Waals surface area contributed by atoms with Crippen LogP contribution in [0.5, 0.6) is 0 Å². The molecule has 0 aliphatic heterocycles. The minimum atomic E-state index is -0.492. The topological polar surface area (TPSA) is 38.7 Å². The third kappa shape index (κ3) is 6.10. The number of nitrogens with zero attached hydrogens (tertiary/aromatic N) is 1. The molecule has 1 aromatic rings. The minimum Gasteiger partial charge on any atom is -0.317 e. The molecule has 0 saturated carbocycles. The van der Waals surface area contributed by atoms with Gasteiger partial charge in [-0.15, -0.1) is 11.6 Å². The third-order valence-corrected chi connectivity index (χ3v) is 1.55. The van der Waals surface area contributed by atoms with Gasteiger partial charge >= 0.3 is 5.97 Å². The standard InChI is InChI=1S/C9H8ClNO2.CH3Cl/c1-7(12)13-11-9(10)8-5-3-2-4-6-8;1-2/h2-6H,1H3;1H3. The van der Waals surface area contributed by atoms with Crippen molar-refractivity contribution in [1.82, 2.24) is 0 Å². The molecule has 0 aliphatic carbocycles. The number of oxime groups is 1. The van der Waals surface area contributed by atoms with Crippen LogP contribution < -0.4 is 0 Å². The zero-order valence-electron chi connectivity index (χ0n) is 8.41. The highest BCUT2D eigenvalue weighted by Crippen LogP contribution is 2.04. The summed E-state index contributed by atoms with van der Waals surface area (Å²) in [6, 6.07) is 9.05. The second kappa shape index (κ2) is 8.26. The zero-order chi connectivity index (χ0) is 11.7. The van der Waals surface area contributed by atoms with E-state index in [0.717, 1.165) is 0 Å². The van der Waals surface area contributed by atoms with Crippen molar-refractivity contribution in [3.63, 3.8) is 0 Å². The van der Waals surface area contributed by atoms with Crippen molar-refractivity contribution in [3.05, 3.63) is 35.9 Å². The van der Waals surface area contributed by atoms with Gasteiger partial charge in [0.25, 0.3) is 0 Å². The lowest BCUT2D eigenvalue weighted by Gasteiger charge is -1.95. The SMILES string of the molecule is CC(=O)ON=C(Cl)c1ccccc1.CCl. The quantitative estimate of drug-likeness (QED) is 0.349. The average molecular weight is 248 g/mol. The van der Waals surface area contributed by atoms with Crippen molar-refractivity contribution in [2.45, 2.75) is 6.92 Å². The highest BCUT2D eigenvalue weighted by molar-refractivity contribution is 6.69. The van der Waals surface area contributed by atoms with Gasteiger partial charge in [0.15, 0.2) is 5.17 Å². The number of benzene rings is 1. The zero-order valence-corrected chi connectivity index (χ0v) is 9.92. The Morgan fingerprint density at radius 3 is 2.27 bits per heavy atom. The summed E-state index contributed by atoms with van der Waals surface area (Å²) in [7, 11) is 0. The van der Waals surface area contributed by atoms with Crippen LogP contribution in [0.4, 0.5) is 0 Å². The molecule has 0 aliphatic rings. The Morgan fingerprint density at radius 1 is 1.27 bits per heavy atom. The van der Waals surface area contributed by atoms with E-state index in [-0.39, 0.29) is 5.17 Å². The van der Waals surface area contributed by atoms with Crippen LogP contribution in [0.15, 0.2) is 35.5 Å². The monoisotopic (exact) mass is 247 g/mol. The van der Waals surface area contributed by atoms with E-state index in [4.69, 9.17) is 11.6 Å². The summed E-state index contributed by atoms with van der Waals surface area (Å²) in [5, 5.41) is 3.59. The van der Waals surface area contributed by atoms with E-state index in [1.807, 2.05) is 18.2 Å². The molecule has 0 atom stereocenters. The first-order valence-electron chi connectivity index (χ1n) is 4.04. The largest absolute Gasteiger partial charge is 0.332 e. The van der Waals surface area contributed by atoms with Gasteiger partial charge in [0.1, 0.15) is 0 Å². The normalized spacial score (nSPS) is 10.0. The van der Waals surface area contributed by atoms with Crippen molar-refractivity contribution < 1.29 is 9.63 Å². The molecule has 0 fully saturated rings. The molecule has 0 amide bonds. The Bertz CT molecular complexity index is 325. The molecule has 0 unspecified atom stereocenters. The van der Waals surface area contributed by atoms with E-state index < -0.39 is 5.97 Å². The predicted octanol–water partition coefficient (Wildman–Crippen LogP) is 3.01. The predicted molar refractivity (Wildman–Crippen MR) is 62.4 cm³/mol. The molecule has 0 saturated heterocycles. The van der Waals surface area contributed by atoms with Crippen molar-refractivity contribution in [2.75, 3.05) is 6.38 Å². The molecule has 1 aromatic carbocycles. The number of rotatable bonds is 2. The van der Waals surface area contributed by atoms with Crippen molar-refractivity contribution in [3.8, 4) is 0 Å². The molecule has 5 heteroatoms. The van der Waals surface area contributed by atoms with Crippen LogP contribution in [-0.4, -0.2) is 17.5 Å². The van der Waals surface area contributed by atoms with Crippen LogP contribution >= 0.6 is 23.2 Å². The number of halogens is 2. The van der Waals surface area contributed by atoms with Gasteiger partial charge in [-0.05, 0) is 0 Å². The first-order valence-corrected chi connectivity index (χ1v) is 5.18. The maximum atomic E-state index is 10.4. The third-order valence-electron chi connectivity index (χ3n) is 1.27. The van der Waals surface area contributed by atoms with E-state index in [2.05, 4.69) is 21.6 Å². The van der Waals surface area contributed by atoms with Gasteiger partial charge < -0.3 is 4.84 Å². The second-order valence-electron chi connectivity index (χ2n) is 2.33. The molecule has 15 heavy (non-hydrogen) atoms. The van der Waals surface area contributed by atoms with E-state index in [1.54, 1.807) is 12.1 Å². The summed E-state index contributed by atoms with van der Waals surface area (Å²) < 4.78 is 0. The van der Waals surface area contributed by atoms with Crippen LogP contribution in [0.2, 0.25) is 0 Å². The van der Waals surface area contributed by atoms with Gasteiger partial charge in [0.2, 0.25) is 0 Å². The van der Waals surface area contributed by atoms with Gasteiger partial charge in [-0.1, -0.05) is 47.1 Å². The lowest BCUT2D eigenvalue weighted by Crippen LogP contribution is -1.96. The van der Waals surface area contributed by atoms with Gasteiger partial charge in [0, 0.05) is 18.9 Å². The van der Waals surface area contributed by atoms with Gasteiger partial charge in [-0.25, -0.2) is 4.79 Å². The van der Waals surface area contributed by atoms with Crippen molar-refractivity contribution >= 4 is 34.3 Å². The van der Waals surface area contributed by atoms with E-state index >= 15 is 0 Å². The summed E-state index contributed by atoms with van der Waals surface area (Å²) in [6.45, 7) is 1.26. The molecule has 82 valence electrons. The Hall–Kier alpha value is -1.06. The fourth-order valence-electron chi connectivity index (χ4n) is 0.733. The number of carbonyl (C=O) groups excluding carboxylic acids is 1. The Kier molecular flexibility index (Phi) is 7.68. The van der Waals surface area contributed by atoms with E-state index in [0.29, 0.717) is 5.56 Å². The first-order chi connectivity index (χ1) is 7.20. The summed E-state index contributed by atoms with van der Waals surface area (Å²) >= 11 is 10.4. The minimum absolute atomic E-state index is 0.163. The lowest BCUT2D eigenvalue weighted by molar-refractivity contribution is -0.140. The van der Waals surface area contributed by atoms with E-state index in [1.165, 1.54) is 13.3 Å². The molecule has 0 N–H and O–H groups in total. The molecule has 0 bridgehead atoms. The summed E-state index contributed by atoms with van der Waals surface area (Å²) in [4.78, 5) is 14.8. The van der Waals surface area contributed by atoms with Gasteiger partial charge in [0.05, 0.1) is 0 Å². The average Bonchev–Trinajstić information content (AvgIpc) is 2.30. The number of carbonyl (C=O) groups is 1. The molecular formula is C10H11Cl2NO2. The highest BCUT2D eigenvalue weighted by Gasteiger charge is 1.99. The fourth-order valence-corrected chi connectivity index (χ4v) is 0.893. The molecule has 0 radical (unpaired) electrons. The molecule has 0 heterocycles. The summed E-state index contributed by atoms with van der Waals surface area (Å²) in [6.07, 6.45) is 1.47. The molecule has 0 spiro atoms. The number of hydrogen-bond acceptors (Lipinski definition) is 3. The lowest BCUT2D eigenvalue weighted by atomic mass is 10.2. The van der Waals surface area contributed by atoms with Crippen LogP contribution in [-0.2, 0) is 9.63 Å². The van der Waals surface area contributed by atoms with Gasteiger partial charge in [-0.3, -0.25) is 0 Å². The smallest absolute Gasteiger partial charge is 0.317 e. The van der Waals surface area contributed by atoms with Gasteiger partial charge in [-0.2, -0.15) is 0 Å². The van der Waals surface area contributed by atoms with Crippen LogP contribution in [0.3, 0.4) is 0 Å². The highest BCUT2D eigenvalue weighted by atomic mass is 35.5. The Morgan fingerprint density at radius 2 is 1.80 bits per heavy atom. The molecular weight excluding hydrogens is 237 g/mol. The van der Waals surface area contributed by atoms with Crippen molar-refractivity contribution in [2.24, 2.45) is 5.16 Å². The number of alkyl halides is 1. The van der Waals surface area contributed by atoms with Crippen molar-refractivity contribution in [1.29, 1.82) is 0 Å². The maximum absolute atomic E-state index is 10.4. The summed E-state index contributed by atoms with van der Waals surface area (Å²) in [5.41, 5.74) is 0.713. The van der Waals surface area contributed by atoms with E-state index in [9.17, 15) is 4.79 Å². The number of hydrogen-bond donors (Lipinski definition) is 0. The molecule has 3 nitrogen and oxygen atoms in total. The molecule has 0 aromatic heterocycles. The fraction of sp³-hybridized carbons (Fsp3) is 0.200. The Labute approximate surface area is 98.6 Å². The summed E-state index contributed by atoms with van der Waals surface area (Å²) in [5.74, 6) is -0.492. The van der Waals surface area contributed by atoms with Crippen LogP contribution in [0, 0.1) is 0 Å².